The molecule has 0 N–H and O–H groups in total. The normalized spacial score (nSPS) is 15.6. The Bertz CT molecular complexity index is 608. The lowest BCUT2D eigenvalue weighted by molar-refractivity contribution is 0.283. The van der Waals surface area contributed by atoms with E-state index in [1.54, 1.807) is 6.07 Å². The minimum atomic E-state index is 0. The maximum atomic E-state index is 5.77. The number of halogens is 2. The molecule has 0 atom stereocenters. The SMILES string of the molecule is Cl.Clc1ccc(N2CCN(C/C=C/c3ccccc3)CC2)nn1. The number of hydrogen-bond donors (Lipinski definition) is 0. The highest BCUT2D eigenvalue weighted by atomic mass is 35.5. The Morgan fingerprint density at radius 2 is 1.70 bits per heavy atom. The second-order valence-electron chi connectivity index (χ2n) is 5.31. The predicted octanol–water partition coefficient (Wildman–Crippen LogP) is 3.39. The molecular formula is C17H20Cl2N4. The Kier molecular flexibility index (Phi) is 6.84. The average Bonchev–Trinajstić information content (AvgIpc) is 2.57. The minimum Gasteiger partial charge on any atom is -0.353 e. The van der Waals surface area contributed by atoms with Crippen molar-refractivity contribution >= 4 is 35.9 Å². The Morgan fingerprint density at radius 1 is 0.957 bits per heavy atom. The maximum absolute atomic E-state index is 5.77. The molecule has 0 radical (unpaired) electrons. The van der Waals surface area contributed by atoms with Gasteiger partial charge in [-0.1, -0.05) is 54.1 Å². The molecule has 0 amide bonds. The second kappa shape index (κ2) is 8.87. The third-order valence-electron chi connectivity index (χ3n) is 3.79. The summed E-state index contributed by atoms with van der Waals surface area (Å²) >= 11 is 5.77. The topological polar surface area (TPSA) is 32.3 Å². The number of rotatable bonds is 4. The fourth-order valence-electron chi connectivity index (χ4n) is 2.54. The van der Waals surface area contributed by atoms with E-state index < -0.39 is 0 Å². The molecule has 6 heteroatoms. The molecule has 23 heavy (non-hydrogen) atoms. The average molecular weight is 351 g/mol. The van der Waals surface area contributed by atoms with Gasteiger partial charge in [0.1, 0.15) is 0 Å². The smallest absolute Gasteiger partial charge is 0.151 e. The molecule has 1 saturated heterocycles. The van der Waals surface area contributed by atoms with Crippen LogP contribution in [0.1, 0.15) is 5.56 Å². The van der Waals surface area contributed by atoms with E-state index in [4.69, 9.17) is 11.6 Å². The van der Waals surface area contributed by atoms with Gasteiger partial charge in [-0.25, -0.2) is 0 Å². The van der Waals surface area contributed by atoms with Crippen LogP contribution in [-0.4, -0.2) is 47.8 Å². The first-order valence-corrected chi connectivity index (χ1v) is 7.87. The summed E-state index contributed by atoms with van der Waals surface area (Å²) in [6.45, 7) is 4.98. The van der Waals surface area contributed by atoms with Crippen molar-refractivity contribution in [2.45, 2.75) is 0 Å². The molecule has 3 rings (SSSR count). The summed E-state index contributed by atoms with van der Waals surface area (Å²) in [6, 6.07) is 14.1. The molecule has 1 aromatic carbocycles. The molecule has 4 nitrogen and oxygen atoms in total. The highest BCUT2D eigenvalue weighted by Crippen LogP contribution is 2.14. The molecule has 1 aliphatic heterocycles. The summed E-state index contributed by atoms with van der Waals surface area (Å²) in [6.07, 6.45) is 4.41. The summed E-state index contributed by atoms with van der Waals surface area (Å²) in [5.74, 6) is 0.906. The molecule has 2 heterocycles. The van der Waals surface area contributed by atoms with Crippen LogP contribution in [0.3, 0.4) is 0 Å². The zero-order valence-electron chi connectivity index (χ0n) is 12.8. The summed E-state index contributed by atoms with van der Waals surface area (Å²) in [4.78, 5) is 4.69. The fourth-order valence-corrected chi connectivity index (χ4v) is 2.64. The number of hydrogen-bond acceptors (Lipinski definition) is 4. The third-order valence-corrected chi connectivity index (χ3v) is 3.99. The molecule has 2 aromatic rings. The highest BCUT2D eigenvalue weighted by molar-refractivity contribution is 6.29. The first-order valence-electron chi connectivity index (χ1n) is 7.49. The van der Waals surface area contributed by atoms with Gasteiger partial charge < -0.3 is 4.90 Å². The number of anilines is 1. The van der Waals surface area contributed by atoms with Gasteiger partial charge in [-0.05, 0) is 17.7 Å². The number of aromatic nitrogens is 2. The van der Waals surface area contributed by atoms with Crippen molar-refractivity contribution < 1.29 is 0 Å². The molecular weight excluding hydrogens is 331 g/mol. The first kappa shape index (κ1) is 17.7. The minimum absolute atomic E-state index is 0. The van der Waals surface area contributed by atoms with E-state index in [0.29, 0.717) is 5.15 Å². The quantitative estimate of drug-likeness (QED) is 0.845. The van der Waals surface area contributed by atoms with Crippen LogP contribution in [-0.2, 0) is 0 Å². The molecule has 0 bridgehead atoms. The van der Waals surface area contributed by atoms with Gasteiger partial charge in [0.05, 0.1) is 0 Å². The van der Waals surface area contributed by atoms with Gasteiger partial charge in [0.15, 0.2) is 11.0 Å². The molecule has 0 spiro atoms. The van der Waals surface area contributed by atoms with E-state index in [1.165, 1.54) is 5.56 Å². The predicted molar refractivity (Wildman–Crippen MR) is 98.4 cm³/mol. The number of nitrogens with zero attached hydrogens (tertiary/aromatic N) is 4. The highest BCUT2D eigenvalue weighted by Gasteiger charge is 2.17. The Morgan fingerprint density at radius 3 is 2.35 bits per heavy atom. The Balaban J connectivity index is 0.00000192. The van der Waals surface area contributed by atoms with Crippen LogP contribution >= 0.6 is 24.0 Å². The summed E-state index contributed by atoms with van der Waals surface area (Å²) < 4.78 is 0. The molecule has 1 aliphatic rings. The molecule has 122 valence electrons. The van der Waals surface area contributed by atoms with Crippen molar-refractivity contribution in [2.75, 3.05) is 37.6 Å². The van der Waals surface area contributed by atoms with Gasteiger partial charge in [-0.3, -0.25) is 4.90 Å². The zero-order valence-corrected chi connectivity index (χ0v) is 14.4. The van der Waals surface area contributed by atoms with Crippen molar-refractivity contribution in [3.63, 3.8) is 0 Å². The number of piperazine rings is 1. The first-order chi connectivity index (χ1) is 10.8. The van der Waals surface area contributed by atoms with Crippen LogP contribution in [0, 0.1) is 0 Å². The largest absolute Gasteiger partial charge is 0.353 e. The van der Waals surface area contributed by atoms with Crippen molar-refractivity contribution in [1.82, 2.24) is 15.1 Å². The van der Waals surface area contributed by atoms with E-state index in [1.807, 2.05) is 12.1 Å². The zero-order chi connectivity index (χ0) is 15.2. The number of benzene rings is 1. The van der Waals surface area contributed by atoms with Gasteiger partial charge in [0, 0.05) is 32.7 Å². The van der Waals surface area contributed by atoms with Crippen LogP contribution in [0.25, 0.3) is 6.08 Å². The monoisotopic (exact) mass is 350 g/mol. The lowest BCUT2D eigenvalue weighted by Crippen LogP contribution is -2.46. The van der Waals surface area contributed by atoms with Gasteiger partial charge in [0.2, 0.25) is 0 Å². The fraction of sp³-hybridized carbons (Fsp3) is 0.294. The van der Waals surface area contributed by atoms with Gasteiger partial charge in [0.25, 0.3) is 0 Å². The van der Waals surface area contributed by atoms with E-state index in [9.17, 15) is 0 Å². The summed E-state index contributed by atoms with van der Waals surface area (Å²) in [5, 5.41) is 8.48. The Labute approximate surface area is 148 Å². The van der Waals surface area contributed by atoms with E-state index in [-0.39, 0.29) is 12.4 Å². The molecule has 1 fully saturated rings. The van der Waals surface area contributed by atoms with Crippen LogP contribution in [0.5, 0.6) is 0 Å². The molecule has 0 aliphatic carbocycles. The van der Waals surface area contributed by atoms with Crippen molar-refractivity contribution in [3.05, 3.63) is 59.3 Å². The van der Waals surface area contributed by atoms with Gasteiger partial charge >= 0.3 is 0 Å². The lowest BCUT2D eigenvalue weighted by atomic mass is 10.2. The third kappa shape index (κ3) is 5.20. The van der Waals surface area contributed by atoms with Crippen LogP contribution in [0.15, 0.2) is 48.5 Å². The van der Waals surface area contributed by atoms with Crippen molar-refractivity contribution in [1.29, 1.82) is 0 Å². The second-order valence-corrected chi connectivity index (χ2v) is 5.70. The molecule has 0 saturated carbocycles. The van der Waals surface area contributed by atoms with E-state index in [2.05, 4.69) is 56.4 Å². The van der Waals surface area contributed by atoms with Crippen molar-refractivity contribution in [2.24, 2.45) is 0 Å². The van der Waals surface area contributed by atoms with Crippen LogP contribution in [0.4, 0.5) is 5.82 Å². The van der Waals surface area contributed by atoms with Crippen molar-refractivity contribution in [3.8, 4) is 0 Å². The standard InChI is InChI=1S/C17H19ClN4.ClH/c18-16-8-9-17(20-19-16)22-13-11-21(12-14-22)10-4-7-15-5-2-1-3-6-15;/h1-9H,10-14H2;1H/b7-4+;. The van der Waals surface area contributed by atoms with E-state index in [0.717, 1.165) is 38.5 Å². The van der Waals surface area contributed by atoms with E-state index >= 15 is 0 Å². The van der Waals surface area contributed by atoms with Gasteiger partial charge in [-0.15, -0.1) is 22.6 Å². The molecule has 1 aromatic heterocycles. The van der Waals surface area contributed by atoms with Crippen LogP contribution < -0.4 is 4.90 Å². The van der Waals surface area contributed by atoms with Crippen LogP contribution in [0.2, 0.25) is 5.15 Å². The van der Waals surface area contributed by atoms with Gasteiger partial charge in [-0.2, -0.15) is 0 Å². The lowest BCUT2D eigenvalue weighted by Gasteiger charge is -2.34. The summed E-state index contributed by atoms with van der Waals surface area (Å²) in [5.41, 5.74) is 1.25. The summed E-state index contributed by atoms with van der Waals surface area (Å²) in [7, 11) is 0. The Hall–Kier alpha value is -1.62. The maximum Gasteiger partial charge on any atom is 0.151 e. The molecule has 0 unspecified atom stereocenters.